The number of thioether (sulfide) groups is 1. The van der Waals surface area contributed by atoms with E-state index >= 15 is 0 Å². The van der Waals surface area contributed by atoms with Gasteiger partial charge in [0, 0.05) is 13.0 Å². The van der Waals surface area contributed by atoms with E-state index in [4.69, 9.17) is 5.73 Å². The Morgan fingerprint density at radius 2 is 2.56 bits per heavy atom. The molecule has 0 saturated carbocycles. The summed E-state index contributed by atoms with van der Waals surface area (Å²) in [4.78, 5) is 15.4. The molecule has 0 aliphatic rings. The number of H-pyrrole nitrogens is 1. The summed E-state index contributed by atoms with van der Waals surface area (Å²) in [6, 6.07) is -0.415. The monoisotopic (exact) mass is 243 g/mol. The molecule has 0 fully saturated rings. The van der Waals surface area contributed by atoms with Gasteiger partial charge in [0.05, 0.1) is 6.04 Å². The molecule has 1 atom stereocenters. The van der Waals surface area contributed by atoms with E-state index in [1.54, 1.807) is 11.8 Å². The summed E-state index contributed by atoms with van der Waals surface area (Å²) in [7, 11) is 0. The molecule has 0 aliphatic carbocycles. The molecule has 0 bridgehead atoms. The fourth-order valence-electron chi connectivity index (χ4n) is 1.16. The van der Waals surface area contributed by atoms with Crippen LogP contribution in [0.15, 0.2) is 6.33 Å². The lowest BCUT2D eigenvalue weighted by molar-refractivity contribution is -0.122. The lowest BCUT2D eigenvalue weighted by Gasteiger charge is -2.10. The Labute approximate surface area is 98.8 Å². The van der Waals surface area contributed by atoms with E-state index in [0.717, 1.165) is 11.6 Å². The van der Waals surface area contributed by atoms with Gasteiger partial charge in [-0.25, -0.2) is 4.98 Å². The van der Waals surface area contributed by atoms with Gasteiger partial charge in [0.25, 0.3) is 0 Å². The number of rotatable bonds is 7. The van der Waals surface area contributed by atoms with Gasteiger partial charge in [0.15, 0.2) is 0 Å². The first kappa shape index (κ1) is 13.0. The molecule has 1 amide bonds. The highest BCUT2D eigenvalue weighted by Crippen LogP contribution is 1.98. The molecular weight excluding hydrogens is 226 g/mol. The maximum atomic E-state index is 11.5. The van der Waals surface area contributed by atoms with Gasteiger partial charge in [0.1, 0.15) is 12.2 Å². The fraction of sp³-hybridized carbons (Fsp3) is 0.667. The molecular formula is C9H17N5OS. The van der Waals surface area contributed by atoms with Crippen LogP contribution in [0.2, 0.25) is 0 Å². The van der Waals surface area contributed by atoms with E-state index < -0.39 is 6.04 Å². The molecule has 0 saturated heterocycles. The highest BCUT2D eigenvalue weighted by atomic mass is 32.2. The Hall–Kier alpha value is -1.08. The number of nitrogens with two attached hydrogens (primary N) is 1. The number of hydrogen-bond acceptors (Lipinski definition) is 5. The van der Waals surface area contributed by atoms with Crippen molar-refractivity contribution in [3.8, 4) is 0 Å². The number of nitrogens with one attached hydrogen (secondary N) is 2. The predicted molar refractivity (Wildman–Crippen MR) is 64.1 cm³/mol. The molecule has 1 rings (SSSR count). The van der Waals surface area contributed by atoms with E-state index in [0.29, 0.717) is 19.4 Å². The van der Waals surface area contributed by atoms with E-state index in [1.165, 1.54) is 6.33 Å². The lowest BCUT2D eigenvalue weighted by Crippen LogP contribution is -2.41. The van der Waals surface area contributed by atoms with Crippen LogP contribution < -0.4 is 11.1 Å². The van der Waals surface area contributed by atoms with Gasteiger partial charge in [0.2, 0.25) is 5.91 Å². The van der Waals surface area contributed by atoms with Gasteiger partial charge in [-0.3, -0.25) is 9.89 Å². The SMILES string of the molecule is CSCC[C@H](N)C(=O)NCCc1ncn[nH]1. The van der Waals surface area contributed by atoms with Crippen molar-refractivity contribution in [1.29, 1.82) is 0 Å². The third kappa shape index (κ3) is 4.63. The summed E-state index contributed by atoms with van der Waals surface area (Å²) in [5.41, 5.74) is 5.70. The summed E-state index contributed by atoms with van der Waals surface area (Å²) < 4.78 is 0. The summed E-state index contributed by atoms with van der Waals surface area (Å²) in [6.45, 7) is 0.529. The van der Waals surface area contributed by atoms with Crippen LogP contribution in [-0.4, -0.2) is 45.7 Å². The van der Waals surface area contributed by atoms with Crippen LogP contribution in [0.1, 0.15) is 12.2 Å². The van der Waals surface area contributed by atoms with Crippen LogP contribution in [0.5, 0.6) is 0 Å². The minimum absolute atomic E-state index is 0.103. The standard InChI is InChI=1S/C9H17N5OS/c1-16-5-3-7(10)9(15)11-4-2-8-12-6-13-14-8/h6-7H,2-5,10H2,1H3,(H,11,15)(H,12,13,14)/t7-/m0/s1. The molecule has 0 aromatic carbocycles. The van der Waals surface area contributed by atoms with Crippen LogP contribution in [0, 0.1) is 0 Å². The zero-order chi connectivity index (χ0) is 11.8. The number of carbonyl (C=O) groups excluding carboxylic acids is 1. The van der Waals surface area contributed by atoms with Crippen molar-refractivity contribution in [2.45, 2.75) is 18.9 Å². The highest BCUT2D eigenvalue weighted by Gasteiger charge is 2.11. The number of amides is 1. The molecule has 6 nitrogen and oxygen atoms in total. The minimum Gasteiger partial charge on any atom is -0.354 e. The molecule has 0 radical (unpaired) electrons. The molecule has 1 heterocycles. The van der Waals surface area contributed by atoms with E-state index in [1.807, 2.05) is 6.26 Å². The van der Waals surface area contributed by atoms with Crippen LogP contribution in [-0.2, 0) is 11.2 Å². The Morgan fingerprint density at radius 1 is 1.75 bits per heavy atom. The van der Waals surface area contributed by atoms with Crippen molar-refractivity contribution in [3.05, 3.63) is 12.2 Å². The molecule has 7 heteroatoms. The molecule has 0 aliphatic heterocycles. The summed E-state index contributed by atoms with van der Waals surface area (Å²) in [5, 5.41) is 9.22. The Morgan fingerprint density at radius 3 is 3.19 bits per heavy atom. The Bertz CT molecular complexity index is 303. The topological polar surface area (TPSA) is 96.7 Å². The van der Waals surface area contributed by atoms with E-state index in [-0.39, 0.29) is 5.91 Å². The number of carbonyl (C=O) groups is 1. The van der Waals surface area contributed by atoms with Crippen molar-refractivity contribution in [1.82, 2.24) is 20.5 Å². The van der Waals surface area contributed by atoms with Crippen molar-refractivity contribution in [2.24, 2.45) is 5.73 Å². The quantitative estimate of drug-likeness (QED) is 0.602. The molecule has 1 aromatic rings. The largest absolute Gasteiger partial charge is 0.354 e. The minimum atomic E-state index is -0.415. The first-order valence-corrected chi connectivity index (χ1v) is 6.50. The summed E-state index contributed by atoms with van der Waals surface area (Å²) >= 11 is 1.69. The Balaban J connectivity index is 2.14. The molecule has 16 heavy (non-hydrogen) atoms. The van der Waals surface area contributed by atoms with Gasteiger partial charge < -0.3 is 11.1 Å². The predicted octanol–water partition coefficient (Wildman–Crippen LogP) is -0.456. The van der Waals surface area contributed by atoms with E-state index in [9.17, 15) is 4.79 Å². The lowest BCUT2D eigenvalue weighted by atomic mass is 10.2. The average Bonchev–Trinajstić information content (AvgIpc) is 2.78. The van der Waals surface area contributed by atoms with Crippen molar-refractivity contribution in [3.63, 3.8) is 0 Å². The summed E-state index contributed by atoms with van der Waals surface area (Å²) in [5.74, 6) is 1.56. The van der Waals surface area contributed by atoms with Gasteiger partial charge in [-0.15, -0.1) is 0 Å². The number of aromatic amines is 1. The van der Waals surface area contributed by atoms with Crippen molar-refractivity contribution in [2.75, 3.05) is 18.6 Å². The first-order chi connectivity index (χ1) is 7.74. The number of aromatic nitrogens is 3. The normalized spacial score (nSPS) is 12.4. The average molecular weight is 243 g/mol. The third-order valence-corrected chi connectivity index (χ3v) is 2.74. The smallest absolute Gasteiger partial charge is 0.236 e. The fourth-order valence-corrected chi connectivity index (χ4v) is 1.65. The van der Waals surface area contributed by atoms with Crippen LogP contribution >= 0.6 is 11.8 Å². The number of hydrogen-bond donors (Lipinski definition) is 3. The van der Waals surface area contributed by atoms with Crippen molar-refractivity contribution < 1.29 is 4.79 Å². The van der Waals surface area contributed by atoms with Crippen LogP contribution in [0.3, 0.4) is 0 Å². The second kappa shape index (κ2) is 7.24. The maximum Gasteiger partial charge on any atom is 0.236 e. The maximum absolute atomic E-state index is 11.5. The summed E-state index contributed by atoms with van der Waals surface area (Å²) in [6.07, 6.45) is 4.78. The van der Waals surface area contributed by atoms with Gasteiger partial charge >= 0.3 is 0 Å². The van der Waals surface area contributed by atoms with Crippen LogP contribution in [0.25, 0.3) is 0 Å². The number of nitrogens with zero attached hydrogens (tertiary/aromatic N) is 2. The molecule has 4 N–H and O–H groups in total. The third-order valence-electron chi connectivity index (χ3n) is 2.10. The first-order valence-electron chi connectivity index (χ1n) is 5.10. The molecule has 0 spiro atoms. The van der Waals surface area contributed by atoms with Crippen molar-refractivity contribution >= 4 is 17.7 Å². The van der Waals surface area contributed by atoms with Gasteiger partial charge in [-0.2, -0.15) is 16.9 Å². The molecule has 0 unspecified atom stereocenters. The Kier molecular flexibility index (Phi) is 5.87. The van der Waals surface area contributed by atoms with E-state index in [2.05, 4.69) is 20.5 Å². The second-order valence-corrected chi connectivity index (χ2v) is 4.35. The molecule has 1 aromatic heterocycles. The zero-order valence-electron chi connectivity index (χ0n) is 9.27. The molecule has 90 valence electrons. The highest BCUT2D eigenvalue weighted by molar-refractivity contribution is 7.98. The van der Waals surface area contributed by atoms with Gasteiger partial charge in [-0.1, -0.05) is 0 Å². The van der Waals surface area contributed by atoms with Gasteiger partial charge in [-0.05, 0) is 18.4 Å². The zero-order valence-corrected chi connectivity index (χ0v) is 10.1. The second-order valence-electron chi connectivity index (χ2n) is 3.36. The van der Waals surface area contributed by atoms with Crippen LogP contribution in [0.4, 0.5) is 0 Å².